The lowest BCUT2D eigenvalue weighted by Crippen LogP contribution is -2.16. The maximum Gasteiger partial charge on any atom is 0.416 e. The van der Waals surface area contributed by atoms with Gasteiger partial charge >= 0.3 is 12.4 Å². The Morgan fingerprint density at radius 2 is 1.50 bits per heavy atom. The molecular weight excluding hydrogens is 342 g/mol. The zero-order valence-electron chi connectivity index (χ0n) is 11.5. The standard InChI is InChI=1S/C14H8F6N2O2/c15-13(16,17)8-2-9(14(18,19)20)4-10(3-8)22-12(24)11-1-7(6-23)5-21-11/h1-6,21H,(H,22,24). The Morgan fingerprint density at radius 3 is 1.92 bits per heavy atom. The van der Waals surface area contributed by atoms with Gasteiger partial charge in [-0.15, -0.1) is 0 Å². The largest absolute Gasteiger partial charge is 0.416 e. The second-order valence-corrected chi connectivity index (χ2v) is 4.71. The van der Waals surface area contributed by atoms with E-state index >= 15 is 0 Å². The first-order valence-electron chi connectivity index (χ1n) is 6.25. The topological polar surface area (TPSA) is 62.0 Å². The number of hydrogen-bond donors (Lipinski definition) is 2. The molecule has 1 amide bonds. The summed E-state index contributed by atoms with van der Waals surface area (Å²) in [4.78, 5) is 24.7. The predicted molar refractivity (Wildman–Crippen MR) is 70.6 cm³/mol. The highest BCUT2D eigenvalue weighted by Gasteiger charge is 2.37. The zero-order chi connectivity index (χ0) is 18.1. The molecule has 0 saturated carbocycles. The van der Waals surface area contributed by atoms with Crippen LogP contribution in [0.4, 0.5) is 32.0 Å². The second kappa shape index (κ2) is 6.02. The number of halogens is 6. The van der Waals surface area contributed by atoms with E-state index in [9.17, 15) is 35.9 Å². The molecule has 24 heavy (non-hydrogen) atoms. The van der Waals surface area contributed by atoms with Crippen molar-refractivity contribution in [1.82, 2.24) is 4.98 Å². The van der Waals surface area contributed by atoms with Crippen LogP contribution in [0.3, 0.4) is 0 Å². The Kier molecular flexibility index (Phi) is 4.41. The van der Waals surface area contributed by atoms with Crippen LogP contribution in [-0.2, 0) is 12.4 Å². The Bertz CT molecular complexity index is 744. The van der Waals surface area contributed by atoms with Crippen LogP contribution < -0.4 is 5.32 Å². The van der Waals surface area contributed by atoms with E-state index in [0.717, 1.165) is 12.3 Å². The summed E-state index contributed by atoms with van der Waals surface area (Å²) in [5.41, 5.74) is -3.87. The minimum absolute atomic E-state index is 0.0468. The van der Waals surface area contributed by atoms with Crippen molar-refractivity contribution in [1.29, 1.82) is 0 Å². The first kappa shape index (κ1) is 17.6. The van der Waals surface area contributed by atoms with Gasteiger partial charge in [-0.3, -0.25) is 9.59 Å². The van der Waals surface area contributed by atoms with E-state index in [1.165, 1.54) is 0 Å². The molecule has 0 saturated heterocycles. The number of carbonyl (C=O) groups is 2. The number of nitrogens with one attached hydrogen (secondary N) is 2. The summed E-state index contributed by atoms with van der Waals surface area (Å²) in [7, 11) is 0. The van der Waals surface area contributed by atoms with E-state index in [-0.39, 0.29) is 17.3 Å². The quantitative estimate of drug-likeness (QED) is 0.646. The number of carbonyl (C=O) groups excluding carboxylic acids is 2. The summed E-state index contributed by atoms with van der Waals surface area (Å²) in [6.07, 6.45) is -8.45. The van der Waals surface area contributed by atoms with Crippen molar-refractivity contribution < 1.29 is 35.9 Å². The van der Waals surface area contributed by atoms with Gasteiger partial charge in [0.2, 0.25) is 0 Å². The highest BCUT2D eigenvalue weighted by Crippen LogP contribution is 2.37. The maximum atomic E-state index is 12.7. The van der Waals surface area contributed by atoms with Crippen LogP contribution in [-0.4, -0.2) is 17.2 Å². The average molecular weight is 350 g/mol. The average Bonchev–Trinajstić information content (AvgIpc) is 2.94. The molecule has 0 bridgehead atoms. The molecule has 1 aromatic heterocycles. The lowest BCUT2D eigenvalue weighted by atomic mass is 10.1. The molecule has 0 spiro atoms. The molecule has 0 unspecified atom stereocenters. The molecule has 10 heteroatoms. The van der Waals surface area contributed by atoms with E-state index in [0.29, 0.717) is 18.4 Å². The summed E-state index contributed by atoms with van der Waals surface area (Å²) >= 11 is 0. The number of H-pyrrole nitrogens is 1. The molecule has 2 N–H and O–H groups in total. The molecule has 4 nitrogen and oxygen atoms in total. The van der Waals surface area contributed by atoms with Gasteiger partial charge in [-0.2, -0.15) is 26.3 Å². The molecular formula is C14H8F6N2O2. The van der Waals surface area contributed by atoms with Crippen molar-refractivity contribution in [2.75, 3.05) is 5.32 Å². The summed E-state index contributed by atoms with van der Waals surface area (Å²) in [6.45, 7) is 0. The summed E-state index contributed by atoms with van der Waals surface area (Å²) in [5, 5.41) is 1.93. The number of benzene rings is 1. The van der Waals surface area contributed by atoms with Gasteiger partial charge < -0.3 is 10.3 Å². The fourth-order valence-corrected chi connectivity index (χ4v) is 1.84. The van der Waals surface area contributed by atoms with E-state index < -0.39 is 35.1 Å². The third-order valence-corrected chi connectivity index (χ3v) is 2.93. The molecule has 128 valence electrons. The highest BCUT2D eigenvalue weighted by molar-refractivity contribution is 6.04. The predicted octanol–water partition coefficient (Wildman–Crippen LogP) is 4.12. The maximum absolute atomic E-state index is 12.7. The Balaban J connectivity index is 2.38. The minimum atomic E-state index is -5.02. The van der Waals surface area contributed by atoms with E-state index in [4.69, 9.17) is 0 Å². The second-order valence-electron chi connectivity index (χ2n) is 4.71. The van der Waals surface area contributed by atoms with Crippen molar-refractivity contribution in [3.63, 3.8) is 0 Å². The van der Waals surface area contributed by atoms with Gasteiger partial charge in [-0.05, 0) is 24.3 Å². The number of rotatable bonds is 3. The van der Waals surface area contributed by atoms with Crippen molar-refractivity contribution in [2.24, 2.45) is 0 Å². The lowest BCUT2D eigenvalue weighted by Gasteiger charge is -2.14. The van der Waals surface area contributed by atoms with Gasteiger partial charge in [-0.25, -0.2) is 0 Å². The lowest BCUT2D eigenvalue weighted by molar-refractivity contribution is -0.143. The van der Waals surface area contributed by atoms with E-state index in [1.54, 1.807) is 0 Å². The highest BCUT2D eigenvalue weighted by atomic mass is 19.4. The molecule has 0 fully saturated rings. The Morgan fingerprint density at radius 1 is 0.958 bits per heavy atom. The van der Waals surface area contributed by atoms with Crippen molar-refractivity contribution in [2.45, 2.75) is 12.4 Å². The van der Waals surface area contributed by atoms with Crippen molar-refractivity contribution in [3.8, 4) is 0 Å². The van der Waals surface area contributed by atoms with Crippen LogP contribution >= 0.6 is 0 Å². The van der Waals surface area contributed by atoms with Gasteiger partial charge in [0.05, 0.1) is 11.1 Å². The molecule has 0 radical (unpaired) electrons. The molecule has 0 aliphatic rings. The number of aromatic nitrogens is 1. The number of hydrogen-bond acceptors (Lipinski definition) is 2. The van der Waals surface area contributed by atoms with Gasteiger partial charge in [0.1, 0.15) is 5.69 Å². The first-order valence-corrected chi connectivity index (χ1v) is 6.25. The monoisotopic (exact) mass is 350 g/mol. The third kappa shape index (κ3) is 3.94. The molecule has 0 atom stereocenters. The van der Waals surface area contributed by atoms with E-state index in [1.807, 2.05) is 5.32 Å². The Labute approximate surface area is 130 Å². The molecule has 1 heterocycles. The van der Waals surface area contributed by atoms with Gasteiger partial charge in [-0.1, -0.05) is 0 Å². The van der Waals surface area contributed by atoms with Crippen LogP contribution in [0.1, 0.15) is 32.0 Å². The van der Waals surface area contributed by atoms with Crippen LogP contribution in [0.15, 0.2) is 30.5 Å². The molecule has 2 rings (SSSR count). The summed E-state index contributed by atoms with van der Waals surface area (Å²) < 4.78 is 76.3. The van der Waals surface area contributed by atoms with Gasteiger partial charge in [0.15, 0.2) is 6.29 Å². The fourth-order valence-electron chi connectivity index (χ4n) is 1.84. The number of alkyl halides is 6. The first-order chi connectivity index (χ1) is 11.0. The van der Waals surface area contributed by atoms with Gasteiger partial charge in [0.25, 0.3) is 5.91 Å². The fraction of sp³-hybridized carbons (Fsp3) is 0.143. The molecule has 0 aliphatic carbocycles. The molecule has 2 aromatic rings. The Hall–Kier alpha value is -2.78. The SMILES string of the molecule is O=Cc1c[nH]c(C(=O)Nc2cc(C(F)(F)F)cc(C(F)(F)F)c2)c1. The van der Waals surface area contributed by atoms with Crippen LogP contribution in [0, 0.1) is 0 Å². The number of amides is 1. The number of anilines is 1. The van der Waals surface area contributed by atoms with Crippen LogP contribution in [0.25, 0.3) is 0 Å². The van der Waals surface area contributed by atoms with E-state index in [2.05, 4.69) is 4.98 Å². The smallest absolute Gasteiger partial charge is 0.356 e. The van der Waals surface area contributed by atoms with Gasteiger partial charge in [0, 0.05) is 17.4 Å². The zero-order valence-corrected chi connectivity index (χ0v) is 11.5. The van der Waals surface area contributed by atoms with Crippen LogP contribution in [0.5, 0.6) is 0 Å². The number of aromatic amines is 1. The summed E-state index contributed by atoms with van der Waals surface area (Å²) in [5.74, 6) is -0.990. The molecule has 1 aromatic carbocycles. The van der Waals surface area contributed by atoms with Crippen molar-refractivity contribution >= 4 is 17.9 Å². The normalized spacial score (nSPS) is 12.1. The summed E-state index contributed by atoms with van der Waals surface area (Å²) in [6, 6.07) is 1.82. The van der Waals surface area contributed by atoms with Crippen LogP contribution in [0.2, 0.25) is 0 Å². The van der Waals surface area contributed by atoms with Crippen molar-refractivity contribution in [3.05, 3.63) is 52.8 Å². The molecule has 0 aliphatic heterocycles. The minimum Gasteiger partial charge on any atom is -0.356 e. The number of aldehydes is 1. The third-order valence-electron chi connectivity index (χ3n) is 2.93.